The van der Waals surface area contributed by atoms with Gasteiger partial charge in [-0.2, -0.15) is 0 Å². The predicted octanol–water partition coefficient (Wildman–Crippen LogP) is 3.05. The van der Waals surface area contributed by atoms with Crippen LogP contribution < -0.4 is 19.9 Å². The number of nitrogens with one attached hydrogen (secondary N) is 1. The molecule has 28 heavy (non-hydrogen) atoms. The minimum absolute atomic E-state index is 0. The number of sulfonamides is 1. The van der Waals surface area contributed by atoms with E-state index in [-0.39, 0.29) is 17.3 Å². The first kappa shape index (κ1) is 24.0. The van der Waals surface area contributed by atoms with Crippen LogP contribution in [0, 0.1) is 0 Å². The maximum absolute atomic E-state index is 11.3. The molecule has 0 radical (unpaired) electrons. The van der Waals surface area contributed by atoms with Crippen LogP contribution in [0.2, 0.25) is 0 Å². The number of rotatable bonds is 11. The van der Waals surface area contributed by atoms with Crippen LogP contribution in [0.25, 0.3) is 0 Å². The third-order valence-electron chi connectivity index (χ3n) is 3.84. The molecule has 2 rings (SSSR count). The monoisotopic (exact) mass is 426 g/mol. The van der Waals surface area contributed by atoms with Crippen LogP contribution in [0.3, 0.4) is 0 Å². The lowest BCUT2D eigenvalue weighted by atomic mass is 10.1. The lowest BCUT2D eigenvalue weighted by molar-refractivity contribution is 0.296. The van der Waals surface area contributed by atoms with Gasteiger partial charge in [0.05, 0.1) is 11.5 Å². The molecule has 0 aliphatic carbocycles. The Balaban J connectivity index is 0.00000392. The summed E-state index contributed by atoms with van der Waals surface area (Å²) in [6.45, 7) is 8.03. The molecule has 0 aromatic heterocycles. The zero-order valence-electron chi connectivity index (χ0n) is 15.9. The van der Waals surface area contributed by atoms with Crippen molar-refractivity contribution in [3.63, 3.8) is 0 Å². The van der Waals surface area contributed by atoms with Crippen LogP contribution in [0.15, 0.2) is 60.0 Å². The van der Waals surface area contributed by atoms with E-state index in [2.05, 4.69) is 11.9 Å². The second kappa shape index (κ2) is 11.7. The molecule has 2 aromatic carbocycles. The maximum Gasteiger partial charge on any atom is 0.238 e. The van der Waals surface area contributed by atoms with Gasteiger partial charge in [-0.3, -0.25) is 0 Å². The highest BCUT2D eigenvalue weighted by molar-refractivity contribution is 7.89. The van der Waals surface area contributed by atoms with Crippen LogP contribution in [0.5, 0.6) is 11.5 Å². The average molecular weight is 427 g/mol. The molecule has 0 fully saturated rings. The molecule has 0 amide bonds. The molecule has 6 nitrogen and oxygen atoms in total. The molecule has 2 aromatic rings. The molecule has 0 aliphatic heterocycles. The van der Waals surface area contributed by atoms with E-state index in [0.29, 0.717) is 25.5 Å². The maximum atomic E-state index is 11.3. The number of nitrogens with two attached hydrogens (primary N) is 1. The summed E-state index contributed by atoms with van der Waals surface area (Å²) < 4.78 is 33.8. The highest BCUT2D eigenvalue weighted by atomic mass is 35.5. The molecule has 154 valence electrons. The van der Waals surface area contributed by atoms with E-state index in [1.54, 1.807) is 18.2 Å². The highest BCUT2D eigenvalue weighted by Gasteiger charge is 2.07. The van der Waals surface area contributed by atoms with E-state index in [9.17, 15) is 8.42 Å². The molecule has 0 bridgehead atoms. The van der Waals surface area contributed by atoms with Gasteiger partial charge in [-0.15, -0.1) is 12.4 Å². The minimum atomic E-state index is -3.64. The van der Waals surface area contributed by atoms with Crippen molar-refractivity contribution in [3.8, 4) is 11.5 Å². The highest BCUT2D eigenvalue weighted by Crippen LogP contribution is 2.28. The molecule has 0 aliphatic rings. The summed E-state index contributed by atoms with van der Waals surface area (Å²) in [6.07, 6.45) is 2.48. The van der Waals surface area contributed by atoms with Crippen molar-refractivity contribution in [1.82, 2.24) is 5.32 Å². The van der Waals surface area contributed by atoms with Crippen LogP contribution in [0.1, 0.15) is 18.1 Å². The van der Waals surface area contributed by atoms with Gasteiger partial charge in [0.15, 0.2) is 11.5 Å². The van der Waals surface area contributed by atoms with Gasteiger partial charge >= 0.3 is 0 Å². The van der Waals surface area contributed by atoms with Gasteiger partial charge in [0.2, 0.25) is 10.0 Å². The summed E-state index contributed by atoms with van der Waals surface area (Å²) >= 11 is 0. The smallest absolute Gasteiger partial charge is 0.238 e. The minimum Gasteiger partial charge on any atom is -0.490 e. The summed E-state index contributed by atoms with van der Waals surface area (Å²) in [5, 5.41) is 8.47. The largest absolute Gasteiger partial charge is 0.490 e. The van der Waals surface area contributed by atoms with E-state index in [0.717, 1.165) is 29.8 Å². The SMILES string of the molecule is C=CCOc1ccc(CNCCc2ccc(S(N)(=O)=O)cc2)cc1OCC.Cl. The molecule has 0 unspecified atom stereocenters. The predicted molar refractivity (Wildman–Crippen MR) is 114 cm³/mol. The van der Waals surface area contributed by atoms with E-state index < -0.39 is 10.0 Å². The topological polar surface area (TPSA) is 90.6 Å². The molecule has 0 atom stereocenters. The Morgan fingerprint density at radius 1 is 1.07 bits per heavy atom. The van der Waals surface area contributed by atoms with E-state index in [4.69, 9.17) is 14.6 Å². The molecule has 0 saturated heterocycles. The number of benzene rings is 2. The summed E-state index contributed by atoms with van der Waals surface area (Å²) in [5.74, 6) is 1.42. The lowest BCUT2D eigenvalue weighted by Crippen LogP contribution is -2.17. The summed E-state index contributed by atoms with van der Waals surface area (Å²) in [4.78, 5) is 0.126. The fourth-order valence-electron chi connectivity index (χ4n) is 2.51. The Morgan fingerprint density at radius 3 is 2.36 bits per heavy atom. The van der Waals surface area contributed by atoms with Crippen molar-refractivity contribution in [1.29, 1.82) is 0 Å². The molecule has 0 spiro atoms. The molecule has 8 heteroatoms. The second-order valence-electron chi connectivity index (χ2n) is 5.93. The standard InChI is InChI=1S/C20H26N2O4S.ClH/c1-3-13-26-19-10-7-17(14-20(19)25-4-2)15-22-12-11-16-5-8-18(9-6-16)27(21,23)24;/h3,5-10,14,22H,1,4,11-13,15H2,2H3,(H2,21,23,24);1H. The molecular formula is C20H27ClN2O4S. The van der Waals surface area contributed by atoms with Gasteiger partial charge in [0.1, 0.15) is 6.61 Å². The van der Waals surface area contributed by atoms with E-state index >= 15 is 0 Å². The van der Waals surface area contributed by atoms with Gasteiger partial charge < -0.3 is 14.8 Å². The normalized spacial score (nSPS) is 10.8. The zero-order valence-corrected chi connectivity index (χ0v) is 17.5. The quantitative estimate of drug-likeness (QED) is 0.425. The van der Waals surface area contributed by atoms with Crippen molar-refractivity contribution in [2.45, 2.75) is 24.8 Å². The zero-order chi connectivity index (χ0) is 19.7. The Hall–Kier alpha value is -2.06. The van der Waals surface area contributed by atoms with E-state index in [1.165, 1.54) is 12.1 Å². The van der Waals surface area contributed by atoms with E-state index in [1.807, 2.05) is 25.1 Å². The third-order valence-corrected chi connectivity index (χ3v) is 4.77. The first-order valence-corrected chi connectivity index (χ1v) is 10.3. The van der Waals surface area contributed by atoms with Gasteiger partial charge in [-0.25, -0.2) is 13.6 Å². The number of hydrogen-bond donors (Lipinski definition) is 2. The first-order valence-electron chi connectivity index (χ1n) is 8.76. The Labute approximate surface area is 173 Å². The number of ether oxygens (including phenoxy) is 2. The van der Waals surface area contributed by atoms with Crippen molar-refractivity contribution >= 4 is 22.4 Å². The summed E-state index contributed by atoms with van der Waals surface area (Å²) in [7, 11) is -3.64. The molecule has 0 heterocycles. The Bertz CT molecular complexity index is 855. The van der Waals surface area contributed by atoms with Crippen molar-refractivity contribution in [3.05, 3.63) is 66.2 Å². The van der Waals surface area contributed by atoms with Crippen LogP contribution >= 0.6 is 12.4 Å². The fraction of sp³-hybridized carbons (Fsp3) is 0.300. The van der Waals surface area contributed by atoms with Crippen molar-refractivity contribution in [2.24, 2.45) is 5.14 Å². The van der Waals surface area contributed by atoms with Crippen LogP contribution in [0.4, 0.5) is 0 Å². The molecule has 3 N–H and O–H groups in total. The third kappa shape index (κ3) is 7.52. The lowest BCUT2D eigenvalue weighted by Gasteiger charge is -2.13. The van der Waals surface area contributed by atoms with Crippen molar-refractivity contribution in [2.75, 3.05) is 19.8 Å². The Kier molecular flexibility index (Phi) is 10.0. The summed E-state index contributed by atoms with van der Waals surface area (Å²) in [5.41, 5.74) is 2.13. The number of primary sulfonamides is 1. The van der Waals surface area contributed by atoms with Crippen molar-refractivity contribution < 1.29 is 17.9 Å². The van der Waals surface area contributed by atoms with Gasteiger partial charge in [0, 0.05) is 6.54 Å². The van der Waals surface area contributed by atoms with Crippen LogP contribution in [-0.2, 0) is 23.0 Å². The number of halogens is 1. The number of hydrogen-bond acceptors (Lipinski definition) is 5. The Morgan fingerprint density at radius 2 is 1.75 bits per heavy atom. The summed E-state index contributed by atoms with van der Waals surface area (Å²) in [6, 6.07) is 12.5. The van der Waals surface area contributed by atoms with Gasteiger partial charge in [0.25, 0.3) is 0 Å². The average Bonchev–Trinajstić information content (AvgIpc) is 2.64. The second-order valence-corrected chi connectivity index (χ2v) is 7.49. The van der Waals surface area contributed by atoms with Gasteiger partial charge in [-0.1, -0.05) is 30.9 Å². The molecule has 0 saturated carbocycles. The molecular weight excluding hydrogens is 400 g/mol. The van der Waals surface area contributed by atoms with Gasteiger partial charge in [-0.05, 0) is 55.3 Å². The first-order chi connectivity index (χ1) is 12.9. The fourth-order valence-corrected chi connectivity index (χ4v) is 3.03. The van der Waals surface area contributed by atoms with Crippen LogP contribution in [-0.4, -0.2) is 28.2 Å².